The molecule has 226 valence electrons. The molecule has 10 nitrogen and oxygen atoms in total. The molecule has 0 aliphatic heterocycles. The number of carbonyl (C=O) groups is 1. The number of carbonyl (C=O) groups excluding carboxylic acids is 1. The van der Waals surface area contributed by atoms with Gasteiger partial charge in [-0.25, -0.2) is 9.98 Å². The van der Waals surface area contributed by atoms with E-state index in [-0.39, 0.29) is 11.9 Å². The van der Waals surface area contributed by atoms with Gasteiger partial charge in [-0.3, -0.25) is 9.78 Å². The van der Waals surface area contributed by atoms with Crippen LogP contribution in [0.25, 0.3) is 44.8 Å². The number of benzene rings is 2. The van der Waals surface area contributed by atoms with Gasteiger partial charge in [-0.05, 0) is 92.8 Å². The molecule has 2 saturated carbocycles. The predicted octanol–water partition coefficient (Wildman–Crippen LogP) is 6.98. The minimum Gasteiger partial charge on any atom is -0.402 e. The second-order valence-electron chi connectivity index (χ2n) is 12.4. The Morgan fingerprint density at radius 3 is 2.56 bits per heavy atom. The van der Waals surface area contributed by atoms with Gasteiger partial charge in [0.1, 0.15) is 5.82 Å². The number of aliphatic imine (C=N–C) groups is 1. The Labute approximate surface area is 260 Å². The molecule has 2 aliphatic rings. The molecule has 2 aliphatic carbocycles. The number of aryl methyl sites for hydroxylation is 2. The van der Waals surface area contributed by atoms with Crippen LogP contribution >= 0.6 is 0 Å². The fraction of sp³-hybridized carbons (Fsp3) is 0.314. The molecule has 0 saturated heterocycles. The zero-order chi connectivity index (χ0) is 30.7. The maximum atomic E-state index is 14.0. The summed E-state index contributed by atoms with van der Waals surface area (Å²) >= 11 is 0. The van der Waals surface area contributed by atoms with E-state index in [2.05, 4.69) is 55.5 Å². The van der Waals surface area contributed by atoms with E-state index in [0.29, 0.717) is 17.4 Å². The average Bonchev–Trinajstić information content (AvgIpc) is 3.86. The molecule has 1 amide bonds. The monoisotopic (exact) mass is 598 g/mol. The lowest BCUT2D eigenvalue weighted by atomic mass is 9.75. The Morgan fingerprint density at radius 1 is 1.00 bits per heavy atom. The van der Waals surface area contributed by atoms with Gasteiger partial charge in [-0.2, -0.15) is 0 Å². The number of hydrogen-bond donors (Lipinski definition) is 1. The van der Waals surface area contributed by atoms with Crippen LogP contribution < -0.4 is 5.32 Å². The summed E-state index contributed by atoms with van der Waals surface area (Å²) in [5, 5.41) is 12.6. The van der Waals surface area contributed by atoms with Gasteiger partial charge in [0.05, 0.1) is 28.0 Å². The second kappa shape index (κ2) is 10.5. The molecule has 0 atom stereocenters. The first-order valence-electron chi connectivity index (χ1n) is 15.6. The predicted molar refractivity (Wildman–Crippen MR) is 174 cm³/mol. The molecular formula is C35H34N8O2. The van der Waals surface area contributed by atoms with Crippen LogP contribution in [0, 0.1) is 0 Å². The first-order valence-corrected chi connectivity index (χ1v) is 15.6. The highest BCUT2D eigenvalue weighted by molar-refractivity contribution is 6.01. The van der Waals surface area contributed by atoms with Crippen LogP contribution in [-0.4, -0.2) is 41.9 Å². The van der Waals surface area contributed by atoms with Crippen LogP contribution in [0.2, 0.25) is 0 Å². The van der Waals surface area contributed by atoms with E-state index in [1.807, 2.05) is 55.7 Å². The van der Waals surface area contributed by atoms with Gasteiger partial charge in [0.25, 0.3) is 5.91 Å². The highest BCUT2D eigenvalue weighted by atomic mass is 16.4. The third-order valence-electron chi connectivity index (χ3n) is 9.84. The fourth-order valence-corrected chi connectivity index (χ4v) is 7.42. The number of pyridine rings is 1. The smallest absolute Gasteiger partial charge is 0.342 e. The fourth-order valence-electron chi connectivity index (χ4n) is 7.42. The maximum absolute atomic E-state index is 14.0. The SMILES string of the molecule is C=Nc1nnc(-c2ccc3nc(C4(NC(=O)c5ccc6c(C7CCCC7)c(-c7ccccn7)n(C)c6c5)CCC4)n(C)c3c2)o1. The van der Waals surface area contributed by atoms with Crippen molar-refractivity contribution < 1.29 is 9.21 Å². The largest absolute Gasteiger partial charge is 0.402 e. The summed E-state index contributed by atoms with van der Waals surface area (Å²) in [7, 11) is 4.08. The molecule has 8 rings (SSSR count). The topological polar surface area (TPSA) is 116 Å². The lowest BCUT2D eigenvalue weighted by Gasteiger charge is -2.41. The molecule has 1 N–H and O–H groups in total. The number of nitrogens with zero attached hydrogens (tertiary/aromatic N) is 7. The van der Waals surface area contributed by atoms with Crippen molar-refractivity contribution in [2.24, 2.45) is 19.1 Å². The molecule has 0 radical (unpaired) electrons. The van der Waals surface area contributed by atoms with E-state index in [4.69, 9.17) is 14.4 Å². The van der Waals surface area contributed by atoms with Crippen molar-refractivity contribution in [1.82, 2.24) is 34.6 Å². The number of fused-ring (bicyclic) bond motifs is 2. The van der Waals surface area contributed by atoms with Gasteiger partial charge >= 0.3 is 6.01 Å². The van der Waals surface area contributed by atoms with Crippen molar-refractivity contribution in [3.63, 3.8) is 0 Å². The van der Waals surface area contributed by atoms with E-state index in [9.17, 15) is 4.79 Å². The number of rotatable bonds is 7. The van der Waals surface area contributed by atoms with Crippen molar-refractivity contribution in [2.45, 2.75) is 56.4 Å². The minimum absolute atomic E-state index is 0.0948. The highest BCUT2D eigenvalue weighted by Crippen LogP contribution is 2.45. The van der Waals surface area contributed by atoms with Gasteiger partial charge in [0.2, 0.25) is 5.89 Å². The first-order chi connectivity index (χ1) is 22.0. The van der Waals surface area contributed by atoms with Crippen molar-refractivity contribution >= 4 is 40.6 Å². The molecule has 10 heteroatoms. The number of aromatic nitrogens is 6. The standard InChI is InChI=1S/C35H34N8O2/c1-36-34-41-40-32(45-34)23-13-15-25-28(20-23)43(3)33(38-25)35(16-8-17-35)39-31(44)22-12-14-24-27(19-22)42(2)30(26-11-6-7-18-37-26)29(24)21-9-4-5-10-21/h6-7,11-15,18-21H,1,4-5,8-10,16-17H2,2-3H3,(H,39,44). The molecule has 4 heterocycles. The van der Waals surface area contributed by atoms with Crippen molar-refractivity contribution in [3.8, 4) is 22.8 Å². The maximum Gasteiger partial charge on any atom is 0.342 e. The summed E-state index contributed by atoms with van der Waals surface area (Å²) in [6, 6.07) is 18.2. The lowest BCUT2D eigenvalue weighted by Crippen LogP contribution is -2.52. The van der Waals surface area contributed by atoms with Gasteiger partial charge in [0.15, 0.2) is 0 Å². The third kappa shape index (κ3) is 4.38. The molecule has 0 spiro atoms. The van der Waals surface area contributed by atoms with Crippen LogP contribution in [0.15, 0.2) is 70.2 Å². The molecule has 0 bridgehead atoms. The van der Waals surface area contributed by atoms with Crippen molar-refractivity contribution in [3.05, 3.63) is 77.7 Å². The summed E-state index contributed by atoms with van der Waals surface area (Å²) in [6.45, 7) is 3.45. The zero-order valence-corrected chi connectivity index (χ0v) is 25.5. The van der Waals surface area contributed by atoms with E-state index in [1.54, 1.807) is 0 Å². The quantitative estimate of drug-likeness (QED) is 0.198. The van der Waals surface area contributed by atoms with E-state index < -0.39 is 5.54 Å². The Balaban J connectivity index is 1.14. The molecule has 4 aromatic heterocycles. The Bertz CT molecular complexity index is 2090. The van der Waals surface area contributed by atoms with Gasteiger partial charge in [-0.15, -0.1) is 5.10 Å². The third-order valence-corrected chi connectivity index (χ3v) is 9.84. The van der Waals surface area contributed by atoms with E-state index >= 15 is 0 Å². The second-order valence-corrected chi connectivity index (χ2v) is 12.4. The number of imidazole rings is 1. The van der Waals surface area contributed by atoms with Crippen molar-refractivity contribution in [1.29, 1.82) is 0 Å². The lowest BCUT2D eigenvalue weighted by molar-refractivity contribution is 0.0805. The minimum atomic E-state index is -0.549. The first kappa shape index (κ1) is 27.4. The number of hydrogen-bond acceptors (Lipinski definition) is 7. The van der Waals surface area contributed by atoms with Gasteiger partial charge in [-0.1, -0.05) is 30.1 Å². The molecule has 6 aromatic rings. The van der Waals surface area contributed by atoms with Crippen LogP contribution in [0.4, 0.5) is 6.01 Å². The summed E-state index contributed by atoms with van der Waals surface area (Å²) in [6.07, 6.45) is 9.38. The van der Waals surface area contributed by atoms with Gasteiger partial charge in [0, 0.05) is 42.3 Å². The summed E-state index contributed by atoms with van der Waals surface area (Å²) in [4.78, 5) is 27.4. The van der Waals surface area contributed by atoms with Crippen molar-refractivity contribution in [2.75, 3.05) is 0 Å². The van der Waals surface area contributed by atoms with E-state index in [0.717, 1.165) is 58.6 Å². The average molecular weight is 599 g/mol. The molecular weight excluding hydrogens is 564 g/mol. The Hall–Kier alpha value is -5.12. The Morgan fingerprint density at radius 2 is 1.84 bits per heavy atom. The normalized spacial score (nSPS) is 16.3. The van der Waals surface area contributed by atoms with Crippen LogP contribution in [-0.2, 0) is 19.6 Å². The molecule has 0 unspecified atom stereocenters. The van der Waals surface area contributed by atoms with E-state index in [1.165, 1.54) is 36.6 Å². The van der Waals surface area contributed by atoms with Gasteiger partial charge < -0.3 is 18.9 Å². The molecule has 45 heavy (non-hydrogen) atoms. The Kier molecular flexibility index (Phi) is 6.40. The zero-order valence-electron chi connectivity index (χ0n) is 25.5. The van der Waals surface area contributed by atoms with Crippen LogP contribution in [0.3, 0.4) is 0 Å². The highest BCUT2D eigenvalue weighted by Gasteiger charge is 2.44. The summed E-state index contributed by atoms with van der Waals surface area (Å²) in [5.74, 6) is 1.62. The van der Waals surface area contributed by atoms with Crippen LogP contribution in [0.5, 0.6) is 0 Å². The number of amides is 1. The van der Waals surface area contributed by atoms with Crippen LogP contribution in [0.1, 0.15) is 72.6 Å². The molecule has 2 fully saturated rings. The summed E-state index contributed by atoms with van der Waals surface area (Å²) in [5.41, 5.74) is 7.16. The number of nitrogens with one attached hydrogen (secondary N) is 1. The molecule has 2 aromatic carbocycles. The summed E-state index contributed by atoms with van der Waals surface area (Å²) < 4.78 is 9.86.